The number of carbonyl (C=O) groups excluding carboxylic acids is 7. The van der Waals surface area contributed by atoms with Crippen LogP contribution < -0.4 is 40.0 Å². The Morgan fingerprint density at radius 1 is 0.819 bits per heavy atom. The zero-order chi connectivity index (χ0) is 59.1. The number of hydrogen-bond acceptors (Lipinski definition) is 14. The van der Waals surface area contributed by atoms with Gasteiger partial charge >= 0.3 is 18.3 Å². The molecular weight excluding hydrogens is 1090 g/mol. The molecule has 4 heterocycles. The summed E-state index contributed by atoms with van der Waals surface area (Å²) in [4.78, 5) is 103. The van der Waals surface area contributed by atoms with Gasteiger partial charge in [-0.3, -0.25) is 19.2 Å². The van der Waals surface area contributed by atoms with Crippen molar-refractivity contribution in [3.8, 4) is 17.2 Å². The van der Waals surface area contributed by atoms with Gasteiger partial charge in [-0.2, -0.15) is 0 Å². The van der Waals surface area contributed by atoms with Gasteiger partial charge in [0.2, 0.25) is 17.7 Å². The van der Waals surface area contributed by atoms with E-state index in [2.05, 4.69) is 27.4 Å². The molecule has 0 spiro atoms. The van der Waals surface area contributed by atoms with E-state index < -0.39 is 60.4 Å². The number of hydrogen-bond donors (Lipinski definition) is 4. The molecule has 1 saturated heterocycles. The second kappa shape index (κ2) is 26.2. The Hall–Kier alpha value is -8.40. The zero-order valence-electron chi connectivity index (χ0n) is 47.1. The number of anilines is 3. The Morgan fingerprint density at radius 2 is 1.52 bits per heavy atom. The number of piperazine rings is 1. The molecule has 4 aliphatic rings. The maximum absolute atomic E-state index is 14.7. The van der Waals surface area contributed by atoms with Crippen molar-refractivity contribution in [2.24, 2.45) is 5.92 Å². The van der Waals surface area contributed by atoms with Gasteiger partial charge in [-0.15, -0.1) is 11.6 Å². The van der Waals surface area contributed by atoms with Gasteiger partial charge in [0.25, 0.3) is 5.91 Å². The van der Waals surface area contributed by atoms with Crippen molar-refractivity contribution >= 4 is 81.3 Å². The number of alkyl halides is 1. The van der Waals surface area contributed by atoms with Crippen LogP contribution >= 0.6 is 11.6 Å². The Balaban J connectivity index is 0.889. The first-order chi connectivity index (χ1) is 40.0. The number of alkyl carbamates (subject to hydrolysis) is 1. The number of nitrogens with zero attached hydrogens (tertiary/aromatic N) is 5. The lowest BCUT2D eigenvalue weighted by Crippen LogP contribution is -2.55. The maximum atomic E-state index is 14.7. The quantitative estimate of drug-likeness (QED) is 0.0377. The third-order valence-corrected chi connectivity index (χ3v) is 15.8. The Bertz CT molecular complexity index is 3280. The molecule has 5 atom stereocenters. The minimum Gasteiger partial charge on any atom is -0.493 e. The average molecular weight is 1160 g/mol. The highest BCUT2D eigenvalue weighted by Gasteiger charge is 2.46. The molecule has 0 radical (unpaired) electrons. The smallest absolute Gasteiger partial charge is 0.416 e. The second-order valence-corrected chi connectivity index (χ2v) is 21.6. The van der Waals surface area contributed by atoms with E-state index >= 15 is 0 Å². The van der Waals surface area contributed by atoms with E-state index in [-0.39, 0.29) is 92.0 Å². The summed E-state index contributed by atoms with van der Waals surface area (Å²) in [5.41, 5.74) is 4.29. The van der Waals surface area contributed by atoms with Crippen molar-refractivity contribution < 1.29 is 62.4 Å². The molecule has 5 aromatic rings. The monoisotopic (exact) mass is 1160 g/mol. The molecule has 5 aromatic carbocycles. The minimum absolute atomic E-state index is 0.00587. The average Bonchev–Trinajstić information content (AvgIpc) is 1.92. The lowest BCUT2D eigenvalue weighted by atomic mass is 9.93. The van der Waals surface area contributed by atoms with E-state index in [0.29, 0.717) is 42.3 Å². The number of halogens is 1. The third kappa shape index (κ3) is 13.1. The summed E-state index contributed by atoms with van der Waals surface area (Å²) >= 11 is 6.57. The largest absolute Gasteiger partial charge is 0.493 e. The van der Waals surface area contributed by atoms with Gasteiger partial charge < -0.3 is 64.3 Å². The summed E-state index contributed by atoms with van der Waals surface area (Å²) < 4.78 is 29.0. The van der Waals surface area contributed by atoms with Gasteiger partial charge in [-0.1, -0.05) is 87.2 Å². The SMILES string of the molecule is C=CCOC(=O)N[C@H](C(=O)N[C@@H](C)C(=O)Nc1ccc(COC(=O)N2c3cc(OCCCC(=O)N4C[C@@H](CCl)c5c4cc(OC(=O)N4CCN(C)CC4)c4ccccc54)c(OC)cc3C(=O)N3Cc4ccccc4C[C@H]3C2O)cc1)C(C)C. The normalized spacial score (nSPS) is 18.1. The summed E-state index contributed by atoms with van der Waals surface area (Å²) in [6.45, 7) is 11.2. The van der Waals surface area contributed by atoms with Crippen molar-refractivity contribution in [2.45, 2.75) is 83.5 Å². The van der Waals surface area contributed by atoms with Crippen LogP contribution in [0.25, 0.3) is 10.8 Å². The van der Waals surface area contributed by atoms with Gasteiger partial charge in [0.15, 0.2) is 17.7 Å². The predicted molar refractivity (Wildman–Crippen MR) is 311 cm³/mol. The number of fused-ring (bicyclic) bond motifs is 6. The fourth-order valence-corrected chi connectivity index (χ4v) is 11.1. The van der Waals surface area contributed by atoms with Gasteiger partial charge in [-0.25, -0.2) is 19.3 Å². The van der Waals surface area contributed by atoms with E-state index in [1.54, 1.807) is 58.9 Å². The number of aliphatic hydroxyl groups is 1. The molecule has 9 rings (SSSR count). The summed E-state index contributed by atoms with van der Waals surface area (Å²) in [6, 6.07) is 23.5. The van der Waals surface area contributed by atoms with Gasteiger partial charge in [0.1, 0.15) is 31.0 Å². The molecule has 0 bridgehead atoms. The number of likely N-dealkylation sites (N-methyl/N-ethyl adjacent to an activating group) is 1. The number of methoxy groups -OCH3 is 1. The topological polar surface area (TPSA) is 238 Å². The Kier molecular flexibility index (Phi) is 18.7. The lowest BCUT2D eigenvalue weighted by molar-refractivity contribution is -0.128. The van der Waals surface area contributed by atoms with Gasteiger partial charge in [-0.05, 0) is 78.6 Å². The fraction of sp³-hybridized carbons (Fsp3) is 0.393. The van der Waals surface area contributed by atoms with Crippen LogP contribution in [0.4, 0.5) is 31.4 Å². The van der Waals surface area contributed by atoms with E-state index in [1.807, 2.05) is 55.6 Å². The van der Waals surface area contributed by atoms with E-state index in [0.717, 1.165) is 45.5 Å². The molecule has 1 fully saturated rings. The van der Waals surface area contributed by atoms with Crippen LogP contribution in [-0.2, 0) is 43.4 Å². The first kappa shape index (κ1) is 59.2. The number of nitrogens with one attached hydrogen (secondary N) is 3. The van der Waals surface area contributed by atoms with E-state index in [1.165, 1.54) is 32.2 Å². The third-order valence-electron chi connectivity index (χ3n) is 15.4. The molecule has 4 aliphatic heterocycles. The first-order valence-corrected chi connectivity index (χ1v) is 28.2. The van der Waals surface area contributed by atoms with Crippen LogP contribution in [0, 0.1) is 5.92 Å². The van der Waals surface area contributed by atoms with Crippen LogP contribution in [0.1, 0.15) is 72.1 Å². The molecule has 1 unspecified atom stereocenters. The van der Waals surface area contributed by atoms with Crippen molar-refractivity contribution in [1.82, 2.24) is 25.3 Å². The number of benzene rings is 5. The van der Waals surface area contributed by atoms with Crippen molar-refractivity contribution in [2.75, 3.05) is 81.1 Å². The molecule has 21 nitrogen and oxygen atoms in total. The molecule has 0 saturated carbocycles. The van der Waals surface area contributed by atoms with Crippen LogP contribution in [0.5, 0.6) is 17.2 Å². The number of amides is 7. The fourth-order valence-electron chi connectivity index (χ4n) is 10.8. The molecule has 7 amide bonds. The van der Waals surface area contributed by atoms with Gasteiger partial charge in [0.05, 0.1) is 36.7 Å². The van der Waals surface area contributed by atoms with Crippen LogP contribution in [-0.4, -0.2) is 152 Å². The summed E-state index contributed by atoms with van der Waals surface area (Å²) in [5, 5.41) is 21.8. The van der Waals surface area contributed by atoms with Crippen LogP contribution in [0.2, 0.25) is 0 Å². The molecule has 438 valence electrons. The van der Waals surface area contributed by atoms with Crippen molar-refractivity contribution in [1.29, 1.82) is 0 Å². The Labute approximate surface area is 486 Å². The minimum atomic E-state index is -1.59. The maximum Gasteiger partial charge on any atom is 0.416 e. The number of ether oxygens (including phenoxy) is 5. The Morgan fingerprint density at radius 3 is 2.22 bits per heavy atom. The van der Waals surface area contributed by atoms with E-state index in [9.17, 15) is 38.7 Å². The molecule has 0 aliphatic carbocycles. The molecule has 0 aromatic heterocycles. The number of carbonyl (C=O) groups is 7. The van der Waals surface area contributed by atoms with Crippen LogP contribution in [0.15, 0.2) is 104 Å². The summed E-state index contributed by atoms with van der Waals surface area (Å²) in [7, 11) is 3.43. The highest BCUT2D eigenvalue weighted by Crippen LogP contribution is 2.47. The zero-order valence-corrected chi connectivity index (χ0v) is 47.8. The first-order valence-electron chi connectivity index (χ1n) is 27.7. The summed E-state index contributed by atoms with van der Waals surface area (Å²) in [5.74, 6) is -1.35. The lowest BCUT2D eigenvalue weighted by Gasteiger charge is -2.39. The molecular formula is C61H69ClN8O13. The number of aliphatic hydroxyl groups excluding tert-OH is 1. The molecule has 83 heavy (non-hydrogen) atoms. The highest BCUT2D eigenvalue weighted by molar-refractivity contribution is 6.19. The summed E-state index contributed by atoms with van der Waals surface area (Å²) in [6.07, 6.45) is -1.90. The van der Waals surface area contributed by atoms with Gasteiger partial charge in [0, 0.05) is 80.7 Å². The van der Waals surface area contributed by atoms with Crippen molar-refractivity contribution in [3.63, 3.8) is 0 Å². The van der Waals surface area contributed by atoms with Crippen molar-refractivity contribution in [3.05, 3.63) is 131 Å². The van der Waals surface area contributed by atoms with E-state index in [4.69, 9.17) is 35.3 Å². The molecule has 4 N–H and O–H groups in total. The predicted octanol–water partition coefficient (Wildman–Crippen LogP) is 7.55. The highest BCUT2D eigenvalue weighted by atomic mass is 35.5. The standard InChI is InChI=1S/C61H69ClN8O13/c1-7-26-81-59(76)65-54(36(2)3)56(73)63-37(4)55(72)64-42-20-18-38(19-21-42)35-82-61(78)70-46-30-51(50(79-6)29-45(46)57(74)69-33-40-14-9-8-13-39(40)28-48(69)58(70)75)80-27-12-17-52(71)68-34-41(32-62)53-44-16-11-10-15-43(44)49(31-47(53)68)83-60(77)67-24-22-66(5)23-25-67/h7-11,13-16,18-21,29-31,36-37,41,48,54,58,75H,1,12,17,22-28,32-35H2,2-6H3,(H,63,73)(H,64,72)(H,65,76)/t37-,41+,48-,54-,58?/m0/s1. The number of rotatable bonds is 18. The molecule has 22 heteroatoms. The van der Waals surface area contributed by atoms with Crippen LogP contribution in [0.3, 0.4) is 0 Å². The second-order valence-electron chi connectivity index (χ2n) is 21.3.